The Kier molecular flexibility index (Phi) is 6.29. The van der Waals surface area contributed by atoms with Gasteiger partial charge in [-0.15, -0.1) is 0 Å². The zero-order chi connectivity index (χ0) is 13.5. The highest BCUT2D eigenvalue weighted by Crippen LogP contribution is 2.17. The molecule has 1 rings (SSSR count). The summed E-state index contributed by atoms with van der Waals surface area (Å²) in [5.41, 5.74) is 6.27. The molecule has 0 bridgehead atoms. The van der Waals surface area contributed by atoms with E-state index in [-0.39, 0.29) is 17.6 Å². The van der Waals surface area contributed by atoms with Crippen molar-refractivity contribution in [3.05, 3.63) is 34.1 Å². The Bertz CT molecular complexity index is 412. The summed E-state index contributed by atoms with van der Waals surface area (Å²) in [6, 6.07) is 4.40. The van der Waals surface area contributed by atoms with Crippen molar-refractivity contribution in [1.29, 1.82) is 0 Å². The van der Waals surface area contributed by atoms with Gasteiger partial charge in [0, 0.05) is 17.6 Å². The van der Waals surface area contributed by atoms with Crippen LogP contribution in [0.25, 0.3) is 0 Å². The Balaban J connectivity index is 2.58. The summed E-state index contributed by atoms with van der Waals surface area (Å²) >= 11 is 3.32. The maximum absolute atomic E-state index is 13.1. The zero-order valence-corrected chi connectivity index (χ0v) is 12.0. The molecular formula is C13H18BrFN2O. The molecule has 0 aromatic heterocycles. The molecule has 0 aliphatic heterocycles. The van der Waals surface area contributed by atoms with E-state index < -0.39 is 0 Å². The van der Waals surface area contributed by atoms with Gasteiger partial charge in [-0.05, 0) is 30.2 Å². The molecular weight excluding hydrogens is 299 g/mol. The molecule has 1 aromatic rings. The van der Waals surface area contributed by atoms with E-state index in [0.717, 1.165) is 22.9 Å². The molecule has 3 nitrogen and oxygen atoms in total. The van der Waals surface area contributed by atoms with Gasteiger partial charge >= 0.3 is 0 Å². The third kappa shape index (κ3) is 4.38. The van der Waals surface area contributed by atoms with Gasteiger partial charge in [0.25, 0.3) is 0 Å². The summed E-state index contributed by atoms with van der Waals surface area (Å²) in [6.45, 7) is 2.65. The minimum Gasteiger partial charge on any atom is -0.352 e. The summed E-state index contributed by atoms with van der Waals surface area (Å²) in [4.78, 5) is 11.8. The molecule has 100 valence electrons. The van der Waals surface area contributed by atoms with Crippen LogP contribution in [-0.2, 0) is 11.3 Å². The Hall–Kier alpha value is -0.940. The van der Waals surface area contributed by atoms with Crippen LogP contribution in [-0.4, -0.2) is 12.5 Å². The Morgan fingerprint density at radius 1 is 1.56 bits per heavy atom. The number of benzene rings is 1. The highest BCUT2D eigenvalue weighted by Gasteiger charge is 2.15. The Labute approximate surface area is 115 Å². The van der Waals surface area contributed by atoms with E-state index in [1.165, 1.54) is 12.1 Å². The Morgan fingerprint density at radius 2 is 2.28 bits per heavy atom. The van der Waals surface area contributed by atoms with E-state index in [1.807, 2.05) is 6.92 Å². The second kappa shape index (κ2) is 7.48. The van der Waals surface area contributed by atoms with Crippen molar-refractivity contribution in [2.45, 2.75) is 26.3 Å². The molecule has 1 unspecified atom stereocenters. The second-order valence-electron chi connectivity index (χ2n) is 4.17. The molecule has 18 heavy (non-hydrogen) atoms. The van der Waals surface area contributed by atoms with E-state index in [9.17, 15) is 9.18 Å². The molecule has 1 amide bonds. The number of nitrogens with two attached hydrogens (primary N) is 1. The molecule has 0 fully saturated rings. The highest BCUT2D eigenvalue weighted by atomic mass is 79.9. The summed E-state index contributed by atoms with van der Waals surface area (Å²) in [5, 5.41) is 2.79. The topological polar surface area (TPSA) is 55.1 Å². The molecule has 3 N–H and O–H groups in total. The molecule has 0 aliphatic rings. The number of amides is 1. The lowest BCUT2D eigenvalue weighted by molar-refractivity contribution is -0.125. The molecule has 0 aliphatic carbocycles. The monoisotopic (exact) mass is 316 g/mol. The van der Waals surface area contributed by atoms with Crippen LogP contribution in [0.3, 0.4) is 0 Å². The second-order valence-corrected chi connectivity index (χ2v) is 5.03. The van der Waals surface area contributed by atoms with Gasteiger partial charge < -0.3 is 11.1 Å². The zero-order valence-electron chi connectivity index (χ0n) is 10.4. The number of nitrogens with one attached hydrogen (secondary N) is 1. The number of hydrogen-bond donors (Lipinski definition) is 2. The van der Waals surface area contributed by atoms with E-state index in [4.69, 9.17) is 5.73 Å². The van der Waals surface area contributed by atoms with Crippen molar-refractivity contribution in [1.82, 2.24) is 5.32 Å². The van der Waals surface area contributed by atoms with Gasteiger partial charge in [-0.2, -0.15) is 0 Å². The van der Waals surface area contributed by atoms with E-state index >= 15 is 0 Å². The van der Waals surface area contributed by atoms with Gasteiger partial charge in [-0.1, -0.05) is 29.3 Å². The first-order chi connectivity index (χ1) is 8.58. The molecule has 1 aromatic carbocycles. The SMILES string of the molecule is CCCC(CN)C(=O)NCc1cc(F)ccc1Br. The third-order valence-corrected chi connectivity index (χ3v) is 3.53. The highest BCUT2D eigenvalue weighted by molar-refractivity contribution is 9.10. The van der Waals surface area contributed by atoms with Gasteiger partial charge in [0.05, 0.1) is 5.92 Å². The lowest BCUT2D eigenvalue weighted by Crippen LogP contribution is -2.34. The van der Waals surface area contributed by atoms with Crippen molar-refractivity contribution < 1.29 is 9.18 Å². The first-order valence-electron chi connectivity index (χ1n) is 6.00. The first-order valence-corrected chi connectivity index (χ1v) is 6.79. The van der Waals surface area contributed by atoms with Crippen LogP contribution in [0.1, 0.15) is 25.3 Å². The number of rotatable bonds is 6. The lowest BCUT2D eigenvalue weighted by atomic mass is 10.0. The van der Waals surface area contributed by atoms with E-state index in [1.54, 1.807) is 6.07 Å². The van der Waals surface area contributed by atoms with Crippen LogP contribution in [0.15, 0.2) is 22.7 Å². The minimum atomic E-state index is -0.314. The molecule has 5 heteroatoms. The number of carbonyl (C=O) groups excluding carboxylic acids is 1. The summed E-state index contributed by atoms with van der Waals surface area (Å²) < 4.78 is 13.8. The van der Waals surface area contributed by atoms with E-state index in [2.05, 4.69) is 21.2 Å². The molecule has 0 saturated carbocycles. The molecule has 0 saturated heterocycles. The summed E-state index contributed by atoms with van der Waals surface area (Å²) in [6.07, 6.45) is 1.69. The predicted octanol–water partition coefficient (Wildman–Crippen LogP) is 2.58. The van der Waals surface area contributed by atoms with E-state index in [0.29, 0.717) is 13.1 Å². The standard InChI is InChI=1S/C13H18BrFN2O/c1-2-3-9(7-16)13(18)17-8-10-6-11(15)4-5-12(10)14/h4-6,9H,2-3,7-8,16H2,1H3,(H,17,18). The maximum Gasteiger partial charge on any atom is 0.224 e. The molecule has 0 radical (unpaired) electrons. The van der Waals surface area contributed by atoms with Gasteiger partial charge in [-0.3, -0.25) is 4.79 Å². The minimum absolute atomic E-state index is 0.0736. The predicted molar refractivity (Wildman–Crippen MR) is 73.4 cm³/mol. The number of halogens is 2. The fourth-order valence-electron chi connectivity index (χ4n) is 1.71. The fourth-order valence-corrected chi connectivity index (χ4v) is 2.10. The third-order valence-electron chi connectivity index (χ3n) is 2.75. The first kappa shape index (κ1) is 15.1. The number of hydrogen-bond acceptors (Lipinski definition) is 2. The van der Waals surface area contributed by atoms with Gasteiger partial charge in [0.1, 0.15) is 5.82 Å². The quantitative estimate of drug-likeness (QED) is 0.847. The van der Waals surface area contributed by atoms with Crippen molar-refractivity contribution >= 4 is 21.8 Å². The van der Waals surface area contributed by atoms with Crippen LogP contribution < -0.4 is 11.1 Å². The normalized spacial score (nSPS) is 12.2. The largest absolute Gasteiger partial charge is 0.352 e. The smallest absolute Gasteiger partial charge is 0.224 e. The van der Waals surface area contributed by atoms with Gasteiger partial charge in [-0.25, -0.2) is 4.39 Å². The van der Waals surface area contributed by atoms with Crippen molar-refractivity contribution in [3.63, 3.8) is 0 Å². The molecule has 1 atom stereocenters. The van der Waals surface area contributed by atoms with Crippen molar-refractivity contribution in [3.8, 4) is 0 Å². The van der Waals surface area contributed by atoms with Crippen molar-refractivity contribution in [2.75, 3.05) is 6.54 Å². The average molecular weight is 317 g/mol. The van der Waals surface area contributed by atoms with Crippen LogP contribution in [0, 0.1) is 11.7 Å². The summed E-state index contributed by atoms with van der Waals surface area (Å²) in [7, 11) is 0. The van der Waals surface area contributed by atoms with Gasteiger partial charge in [0.2, 0.25) is 5.91 Å². The maximum atomic E-state index is 13.1. The lowest BCUT2D eigenvalue weighted by Gasteiger charge is -2.14. The van der Waals surface area contributed by atoms with Crippen LogP contribution in [0.2, 0.25) is 0 Å². The average Bonchev–Trinajstić information content (AvgIpc) is 2.36. The van der Waals surface area contributed by atoms with Crippen LogP contribution >= 0.6 is 15.9 Å². The van der Waals surface area contributed by atoms with Crippen LogP contribution in [0.4, 0.5) is 4.39 Å². The number of carbonyl (C=O) groups is 1. The Morgan fingerprint density at radius 3 is 2.89 bits per heavy atom. The van der Waals surface area contributed by atoms with Crippen molar-refractivity contribution in [2.24, 2.45) is 11.7 Å². The molecule has 0 spiro atoms. The fraction of sp³-hybridized carbons (Fsp3) is 0.462. The van der Waals surface area contributed by atoms with Crippen LogP contribution in [0.5, 0.6) is 0 Å². The summed E-state index contributed by atoms with van der Waals surface area (Å²) in [5.74, 6) is -0.552. The molecule has 0 heterocycles. The van der Waals surface area contributed by atoms with Gasteiger partial charge in [0.15, 0.2) is 0 Å².